The standard InChI is InChI=1S/C16H19FN2O2/c17-13-6-7-15(12(10-13)4-3-8-18)16(20)19-11-14-5-1-2-9-21-14/h6-7,10,14H,1-2,5,8-9,11,18H2,(H,19,20). The van der Waals surface area contributed by atoms with Gasteiger partial charge in [-0.15, -0.1) is 0 Å². The number of halogens is 1. The second kappa shape index (κ2) is 7.77. The summed E-state index contributed by atoms with van der Waals surface area (Å²) < 4.78 is 18.8. The van der Waals surface area contributed by atoms with Gasteiger partial charge in [0.2, 0.25) is 0 Å². The first-order chi connectivity index (χ1) is 10.2. The third-order valence-corrected chi connectivity index (χ3v) is 3.32. The molecule has 1 atom stereocenters. The van der Waals surface area contributed by atoms with Gasteiger partial charge in [0.05, 0.1) is 18.2 Å². The number of rotatable bonds is 3. The largest absolute Gasteiger partial charge is 0.376 e. The molecule has 1 amide bonds. The molecule has 0 spiro atoms. The van der Waals surface area contributed by atoms with Crippen molar-refractivity contribution < 1.29 is 13.9 Å². The van der Waals surface area contributed by atoms with Crippen LogP contribution in [0.25, 0.3) is 0 Å². The highest BCUT2D eigenvalue weighted by atomic mass is 19.1. The second-order valence-corrected chi connectivity index (χ2v) is 4.89. The molecular weight excluding hydrogens is 271 g/mol. The molecule has 0 radical (unpaired) electrons. The van der Waals surface area contributed by atoms with Crippen molar-refractivity contribution in [1.29, 1.82) is 0 Å². The summed E-state index contributed by atoms with van der Waals surface area (Å²) in [6.07, 6.45) is 3.19. The van der Waals surface area contributed by atoms with Gasteiger partial charge in [-0.05, 0) is 37.5 Å². The number of carbonyl (C=O) groups excluding carboxylic acids is 1. The molecule has 2 rings (SSSR count). The number of nitrogens with one attached hydrogen (secondary N) is 1. The highest BCUT2D eigenvalue weighted by Gasteiger charge is 2.16. The van der Waals surface area contributed by atoms with E-state index in [9.17, 15) is 9.18 Å². The van der Waals surface area contributed by atoms with Gasteiger partial charge in [-0.1, -0.05) is 11.8 Å². The molecule has 0 bridgehead atoms. The van der Waals surface area contributed by atoms with Gasteiger partial charge in [-0.2, -0.15) is 0 Å². The highest BCUT2D eigenvalue weighted by Crippen LogP contribution is 2.13. The van der Waals surface area contributed by atoms with E-state index in [2.05, 4.69) is 17.2 Å². The Balaban J connectivity index is 2.03. The Morgan fingerprint density at radius 1 is 1.48 bits per heavy atom. The van der Waals surface area contributed by atoms with Crippen LogP contribution in [0.15, 0.2) is 18.2 Å². The number of hydrogen-bond donors (Lipinski definition) is 2. The predicted molar refractivity (Wildman–Crippen MR) is 78.3 cm³/mol. The lowest BCUT2D eigenvalue weighted by molar-refractivity contribution is 0.0169. The van der Waals surface area contributed by atoms with Gasteiger partial charge in [0.1, 0.15) is 5.82 Å². The Kier molecular flexibility index (Phi) is 5.73. The molecule has 5 heteroatoms. The van der Waals surface area contributed by atoms with Crippen molar-refractivity contribution in [1.82, 2.24) is 5.32 Å². The van der Waals surface area contributed by atoms with E-state index in [1.165, 1.54) is 18.2 Å². The molecule has 1 unspecified atom stereocenters. The monoisotopic (exact) mass is 290 g/mol. The maximum absolute atomic E-state index is 13.3. The smallest absolute Gasteiger partial charge is 0.252 e. The number of carbonyl (C=O) groups is 1. The molecular formula is C16H19FN2O2. The molecule has 0 saturated carbocycles. The lowest BCUT2D eigenvalue weighted by Gasteiger charge is -2.22. The van der Waals surface area contributed by atoms with E-state index in [1.54, 1.807) is 0 Å². The maximum atomic E-state index is 13.3. The predicted octanol–water partition coefficient (Wildman–Crippen LogP) is 1.43. The van der Waals surface area contributed by atoms with Crippen molar-refractivity contribution in [3.63, 3.8) is 0 Å². The summed E-state index contributed by atoms with van der Waals surface area (Å²) in [6.45, 7) is 1.36. The lowest BCUT2D eigenvalue weighted by atomic mass is 10.1. The average molecular weight is 290 g/mol. The summed E-state index contributed by atoms with van der Waals surface area (Å²) in [4.78, 5) is 12.2. The van der Waals surface area contributed by atoms with Crippen molar-refractivity contribution >= 4 is 5.91 Å². The van der Waals surface area contributed by atoms with Gasteiger partial charge in [-0.3, -0.25) is 4.79 Å². The first-order valence-corrected chi connectivity index (χ1v) is 7.09. The van der Waals surface area contributed by atoms with Gasteiger partial charge >= 0.3 is 0 Å². The van der Waals surface area contributed by atoms with E-state index >= 15 is 0 Å². The van der Waals surface area contributed by atoms with Crippen LogP contribution < -0.4 is 11.1 Å². The molecule has 1 aliphatic rings. The van der Waals surface area contributed by atoms with Crippen LogP contribution in [0.2, 0.25) is 0 Å². The van der Waals surface area contributed by atoms with Gasteiger partial charge in [0.25, 0.3) is 5.91 Å². The van der Waals surface area contributed by atoms with Crippen molar-refractivity contribution in [3.8, 4) is 11.8 Å². The molecule has 21 heavy (non-hydrogen) atoms. The van der Waals surface area contributed by atoms with Gasteiger partial charge in [0, 0.05) is 18.7 Å². The molecule has 1 fully saturated rings. The molecule has 1 heterocycles. The van der Waals surface area contributed by atoms with Crippen LogP contribution in [0.4, 0.5) is 4.39 Å². The number of hydrogen-bond acceptors (Lipinski definition) is 3. The van der Waals surface area contributed by atoms with Crippen molar-refractivity contribution in [2.75, 3.05) is 19.7 Å². The Morgan fingerprint density at radius 3 is 3.05 bits per heavy atom. The molecule has 112 valence electrons. The van der Waals surface area contributed by atoms with Crippen LogP contribution in [0, 0.1) is 17.7 Å². The summed E-state index contributed by atoms with van der Waals surface area (Å²) in [5.41, 5.74) is 6.02. The number of nitrogens with two attached hydrogens (primary N) is 1. The van der Waals surface area contributed by atoms with Crippen LogP contribution in [0.3, 0.4) is 0 Å². The van der Waals surface area contributed by atoms with Gasteiger partial charge in [0.15, 0.2) is 0 Å². The summed E-state index contributed by atoms with van der Waals surface area (Å²) in [6, 6.07) is 3.93. The minimum atomic E-state index is -0.427. The fraction of sp³-hybridized carbons (Fsp3) is 0.438. The second-order valence-electron chi connectivity index (χ2n) is 4.89. The molecule has 1 saturated heterocycles. The summed E-state index contributed by atoms with van der Waals surface area (Å²) >= 11 is 0. The quantitative estimate of drug-likeness (QED) is 0.828. The number of amides is 1. The zero-order valence-corrected chi connectivity index (χ0v) is 11.8. The Morgan fingerprint density at radius 2 is 2.33 bits per heavy atom. The third-order valence-electron chi connectivity index (χ3n) is 3.32. The normalized spacial score (nSPS) is 17.7. The maximum Gasteiger partial charge on any atom is 0.252 e. The molecule has 1 aromatic carbocycles. The van der Waals surface area contributed by atoms with E-state index in [0.29, 0.717) is 17.7 Å². The summed E-state index contributed by atoms with van der Waals surface area (Å²) in [5.74, 6) is 4.66. The van der Waals surface area contributed by atoms with Crippen LogP contribution in [-0.2, 0) is 4.74 Å². The van der Waals surface area contributed by atoms with Crippen LogP contribution in [-0.4, -0.2) is 31.7 Å². The third kappa shape index (κ3) is 4.55. The zero-order chi connectivity index (χ0) is 15.1. The number of ether oxygens (including phenoxy) is 1. The zero-order valence-electron chi connectivity index (χ0n) is 11.8. The van der Waals surface area contributed by atoms with E-state index in [1.807, 2.05) is 0 Å². The molecule has 1 aromatic rings. The highest BCUT2D eigenvalue weighted by molar-refractivity contribution is 5.96. The minimum absolute atomic E-state index is 0.0572. The molecule has 0 aromatic heterocycles. The SMILES string of the molecule is NCC#Cc1cc(F)ccc1C(=O)NCC1CCCCO1. The Labute approximate surface area is 123 Å². The van der Waals surface area contributed by atoms with Crippen LogP contribution >= 0.6 is 0 Å². The first-order valence-electron chi connectivity index (χ1n) is 7.09. The topological polar surface area (TPSA) is 64.4 Å². The Hall–Kier alpha value is -1.90. The van der Waals surface area contributed by atoms with Crippen molar-refractivity contribution in [2.45, 2.75) is 25.4 Å². The van der Waals surface area contributed by atoms with E-state index in [-0.39, 0.29) is 18.6 Å². The lowest BCUT2D eigenvalue weighted by Crippen LogP contribution is -2.35. The first kappa shape index (κ1) is 15.5. The van der Waals surface area contributed by atoms with E-state index < -0.39 is 5.82 Å². The molecule has 1 aliphatic heterocycles. The molecule has 4 nitrogen and oxygen atoms in total. The van der Waals surface area contributed by atoms with E-state index in [4.69, 9.17) is 10.5 Å². The fourth-order valence-corrected chi connectivity index (χ4v) is 2.23. The van der Waals surface area contributed by atoms with Crippen LogP contribution in [0.1, 0.15) is 35.2 Å². The van der Waals surface area contributed by atoms with Crippen LogP contribution in [0.5, 0.6) is 0 Å². The van der Waals surface area contributed by atoms with Crippen molar-refractivity contribution in [2.24, 2.45) is 5.73 Å². The fourth-order valence-electron chi connectivity index (χ4n) is 2.23. The summed E-state index contributed by atoms with van der Waals surface area (Å²) in [7, 11) is 0. The van der Waals surface area contributed by atoms with Gasteiger partial charge < -0.3 is 15.8 Å². The summed E-state index contributed by atoms with van der Waals surface area (Å²) in [5, 5.41) is 2.82. The Bertz CT molecular complexity index is 557. The van der Waals surface area contributed by atoms with E-state index in [0.717, 1.165) is 25.9 Å². The molecule has 0 aliphatic carbocycles. The minimum Gasteiger partial charge on any atom is -0.376 e. The number of benzene rings is 1. The molecule has 3 N–H and O–H groups in total. The van der Waals surface area contributed by atoms with Crippen molar-refractivity contribution in [3.05, 3.63) is 35.1 Å². The average Bonchev–Trinajstić information content (AvgIpc) is 2.51. The van der Waals surface area contributed by atoms with Gasteiger partial charge in [-0.25, -0.2) is 4.39 Å².